The Morgan fingerprint density at radius 1 is 1.50 bits per heavy atom. The van der Waals surface area contributed by atoms with Gasteiger partial charge in [-0.05, 0) is 32.6 Å². The van der Waals surface area contributed by atoms with Gasteiger partial charge in [-0.15, -0.1) is 0 Å². The van der Waals surface area contributed by atoms with Gasteiger partial charge < -0.3 is 10.2 Å². The SMILES string of the molecule is CCC(C)(C)N[C@H]1C[C@@H](C)CN(C(=O)CC#N)C1. The molecule has 0 spiro atoms. The molecule has 0 aromatic heterocycles. The predicted octanol–water partition coefficient (Wildman–Crippen LogP) is 1.92. The molecule has 18 heavy (non-hydrogen) atoms. The Morgan fingerprint density at radius 2 is 2.17 bits per heavy atom. The maximum absolute atomic E-state index is 11.8. The standard InChI is InChI=1S/C14H25N3O/c1-5-14(3,4)16-12-8-11(2)9-17(10-12)13(18)6-7-15/h11-12,16H,5-6,8-10H2,1-4H3/t11-,12+/m1/s1. The zero-order valence-corrected chi connectivity index (χ0v) is 12.0. The van der Waals surface area contributed by atoms with Crippen LogP contribution >= 0.6 is 0 Å². The van der Waals surface area contributed by atoms with Crippen LogP contribution in [0.15, 0.2) is 0 Å². The highest BCUT2D eigenvalue weighted by Crippen LogP contribution is 2.20. The molecule has 1 rings (SSSR count). The molecule has 1 aliphatic heterocycles. The molecule has 0 aliphatic carbocycles. The minimum Gasteiger partial charge on any atom is -0.340 e. The lowest BCUT2D eigenvalue weighted by molar-refractivity contribution is -0.132. The molecule has 0 unspecified atom stereocenters. The summed E-state index contributed by atoms with van der Waals surface area (Å²) in [4.78, 5) is 13.6. The minimum atomic E-state index is -0.0369. The number of hydrogen-bond acceptors (Lipinski definition) is 3. The predicted molar refractivity (Wildman–Crippen MR) is 71.9 cm³/mol. The fourth-order valence-electron chi connectivity index (χ4n) is 2.49. The summed E-state index contributed by atoms with van der Waals surface area (Å²) in [5, 5.41) is 12.2. The Bertz CT molecular complexity index is 332. The second-order valence-electron chi connectivity index (χ2n) is 6.05. The molecule has 0 aromatic carbocycles. The minimum absolute atomic E-state index is 0.00336. The van der Waals surface area contributed by atoms with Gasteiger partial charge >= 0.3 is 0 Å². The number of amides is 1. The summed E-state index contributed by atoms with van der Waals surface area (Å²) in [6.07, 6.45) is 2.15. The molecule has 1 aliphatic rings. The van der Waals surface area contributed by atoms with E-state index < -0.39 is 0 Å². The summed E-state index contributed by atoms with van der Waals surface area (Å²) in [5.41, 5.74) is 0.103. The normalized spacial score (nSPS) is 24.7. The summed E-state index contributed by atoms with van der Waals surface area (Å²) in [5.74, 6) is 0.455. The first-order valence-electron chi connectivity index (χ1n) is 6.80. The van der Waals surface area contributed by atoms with Crippen molar-refractivity contribution in [3.63, 3.8) is 0 Å². The van der Waals surface area contributed by atoms with E-state index in [4.69, 9.17) is 5.26 Å². The van der Waals surface area contributed by atoms with Gasteiger partial charge in [-0.3, -0.25) is 4.79 Å². The molecule has 0 radical (unpaired) electrons. The second-order valence-corrected chi connectivity index (χ2v) is 6.05. The number of piperidine rings is 1. The average molecular weight is 251 g/mol. The van der Waals surface area contributed by atoms with Gasteiger partial charge in [0.25, 0.3) is 0 Å². The van der Waals surface area contributed by atoms with Crippen molar-refractivity contribution in [2.24, 2.45) is 5.92 Å². The molecule has 4 heteroatoms. The van der Waals surface area contributed by atoms with Gasteiger partial charge in [0.1, 0.15) is 6.42 Å². The van der Waals surface area contributed by atoms with E-state index in [0.717, 1.165) is 25.9 Å². The lowest BCUT2D eigenvalue weighted by Crippen LogP contribution is -2.55. The zero-order chi connectivity index (χ0) is 13.8. The molecule has 2 atom stereocenters. The van der Waals surface area contributed by atoms with Crippen LogP contribution in [0.25, 0.3) is 0 Å². The van der Waals surface area contributed by atoms with E-state index in [9.17, 15) is 4.79 Å². The van der Waals surface area contributed by atoms with Gasteiger partial charge in [0, 0.05) is 24.7 Å². The number of nitriles is 1. The van der Waals surface area contributed by atoms with E-state index >= 15 is 0 Å². The molecular weight excluding hydrogens is 226 g/mol. The van der Waals surface area contributed by atoms with Crippen LogP contribution in [0, 0.1) is 17.2 Å². The van der Waals surface area contributed by atoms with E-state index in [-0.39, 0.29) is 17.9 Å². The van der Waals surface area contributed by atoms with Crippen LogP contribution in [0.2, 0.25) is 0 Å². The number of carbonyl (C=O) groups excluding carboxylic acids is 1. The third-order valence-corrected chi connectivity index (χ3v) is 3.72. The number of rotatable bonds is 4. The van der Waals surface area contributed by atoms with Crippen molar-refractivity contribution in [3.05, 3.63) is 0 Å². The zero-order valence-electron chi connectivity index (χ0n) is 12.0. The van der Waals surface area contributed by atoms with Crippen molar-refractivity contribution in [2.45, 2.75) is 58.5 Å². The highest BCUT2D eigenvalue weighted by molar-refractivity contribution is 5.78. The Balaban J connectivity index is 2.61. The van der Waals surface area contributed by atoms with Crippen LogP contribution in [0.5, 0.6) is 0 Å². The first kappa shape index (κ1) is 15.0. The monoisotopic (exact) mass is 251 g/mol. The summed E-state index contributed by atoms with van der Waals surface area (Å²) in [7, 11) is 0. The van der Waals surface area contributed by atoms with Crippen LogP contribution in [0.4, 0.5) is 0 Å². The first-order chi connectivity index (χ1) is 8.38. The molecule has 1 heterocycles. The molecule has 0 aromatic rings. The second kappa shape index (κ2) is 6.19. The quantitative estimate of drug-likeness (QED) is 0.830. The number of nitrogens with zero attached hydrogens (tertiary/aromatic N) is 2. The Hall–Kier alpha value is -1.08. The third-order valence-electron chi connectivity index (χ3n) is 3.72. The third kappa shape index (κ3) is 4.30. The lowest BCUT2D eigenvalue weighted by atomic mass is 9.92. The van der Waals surface area contributed by atoms with Crippen LogP contribution < -0.4 is 5.32 Å². The summed E-state index contributed by atoms with van der Waals surface area (Å²) >= 11 is 0. The molecule has 1 saturated heterocycles. The molecule has 0 saturated carbocycles. The van der Waals surface area contributed by atoms with Crippen LogP contribution in [0.3, 0.4) is 0 Å². The molecule has 102 valence electrons. The fraction of sp³-hybridized carbons (Fsp3) is 0.857. The van der Waals surface area contributed by atoms with E-state index in [1.54, 1.807) is 0 Å². The van der Waals surface area contributed by atoms with Gasteiger partial charge in [0.15, 0.2) is 0 Å². The fourth-order valence-corrected chi connectivity index (χ4v) is 2.49. The van der Waals surface area contributed by atoms with Crippen molar-refractivity contribution in [1.29, 1.82) is 5.26 Å². The summed E-state index contributed by atoms with van der Waals surface area (Å²) in [6.45, 7) is 10.2. The van der Waals surface area contributed by atoms with E-state index in [2.05, 4.69) is 33.0 Å². The number of hydrogen-bond donors (Lipinski definition) is 1. The molecule has 1 amide bonds. The van der Waals surface area contributed by atoms with Crippen molar-refractivity contribution < 1.29 is 4.79 Å². The van der Waals surface area contributed by atoms with Crippen molar-refractivity contribution in [2.75, 3.05) is 13.1 Å². The summed E-state index contributed by atoms with van der Waals surface area (Å²) in [6, 6.07) is 2.28. The molecular formula is C14H25N3O. The highest BCUT2D eigenvalue weighted by Gasteiger charge is 2.30. The molecule has 1 fully saturated rings. The van der Waals surface area contributed by atoms with E-state index in [1.807, 2.05) is 11.0 Å². The van der Waals surface area contributed by atoms with Gasteiger partial charge in [-0.25, -0.2) is 0 Å². The number of likely N-dealkylation sites (tertiary alicyclic amines) is 1. The highest BCUT2D eigenvalue weighted by atomic mass is 16.2. The van der Waals surface area contributed by atoms with Crippen molar-refractivity contribution >= 4 is 5.91 Å². The Labute approximate surface area is 110 Å². The van der Waals surface area contributed by atoms with E-state index in [0.29, 0.717) is 12.0 Å². The van der Waals surface area contributed by atoms with Crippen molar-refractivity contribution in [1.82, 2.24) is 10.2 Å². The maximum atomic E-state index is 11.8. The summed E-state index contributed by atoms with van der Waals surface area (Å²) < 4.78 is 0. The molecule has 4 nitrogen and oxygen atoms in total. The average Bonchev–Trinajstić information content (AvgIpc) is 2.28. The largest absolute Gasteiger partial charge is 0.340 e. The van der Waals surface area contributed by atoms with Crippen molar-refractivity contribution in [3.8, 4) is 6.07 Å². The topological polar surface area (TPSA) is 56.1 Å². The Kier molecular flexibility index (Phi) is 5.15. The lowest BCUT2D eigenvalue weighted by Gasteiger charge is -2.40. The van der Waals surface area contributed by atoms with Gasteiger partial charge in [-0.1, -0.05) is 13.8 Å². The molecule has 0 bridgehead atoms. The van der Waals surface area contributed by atoms with Gasteiger partial charge in [0.05, 0.1) is 6.07 Å². The Morgan fingerprint density at radius 3 is 2.72 bits per heavy atom. The first-order valence-corrected chi connectivity index (χ1v) is 6.80. The van der Waals surface area contributed by atoms with Crippen LogP contribution in [-0.4, -0.2) is 35.5 Å². The van der Waals surface area contributed by atoms with Crippen LogP contribution in [0.1, 0.15) is 47.0 Å². The van der Waals surface area contributed by atoms with Gasteiger partial charge in [0.2, 0.25) is 5.91 Å². The number of carbonyl (C=O) groups is 1. The maximum Gasteiger partial charge on any atom is 0.236 e. The number of nitrogens with one attached hydrogen (secondary N) is 1. The molecule has 1 N–H and O–H groups in total. The van der Waals surface area contributed by atoms with Gasteiger partial charge in [-0.2, -0.15) is 5.26 Å². The van der Waals surface area contributed by atoms with Crippen LogP contribution in [-0.2, 0) is 4.79 Å². The smallest absolute Gasteiger partial charge is 0.236 e. The van der Waals surface area contributed by atoms with E-state index in [1.165, 1.54) is 0 Å².